The van der Waals surface area contributed by atoms with Gasteiger partial charge >= 0.3 is 5.97 Å². The Bertz CT molecular complexity index is 223. The molecule has 0 N–H and O–H groups in total. The van der Waals surface area contributed by atoms with Gasteiger partial charge in [0.15, 0.2) is 0 Å². The molecule has 4 nitrogen and oxygen atoms in total. The quantitative estimate of drug-likeness (QED) is 0.392. The molecule has 0 saturated heterocycles. The average molecular weight is 176 g/mol. The molecule has 0 aromatic heterocycles. The van der Waals surface area contributed by atoms with E-state index >= 15 is 0 Å². The summed E-state index contributed by atoms with van der Waals surface area (Å²) in [5.41, 5.74) is 0. The van der Waals surface area contributed by atoms with Gasteiger partial charge in [0.1, 0.15) is 11.5 Å². The second-order valence-corrected chi connectivity index (χ2v) is 2.45. The van der Waals surface area contributed by atoms with Gasteiger partial charge in [0.25, 0.3) is 0 Å². The van der Waals surface area contributed by atoms with E-state index in [-0.39, 0.29) is 0 Å². The molecule has 0 fully saturated rings. The third kappa shape index (κ3) is 1.71. The lowest BCUT2D eigenvalue weighted by atomic mass is 10.2. The molecule has 60 valence electrons. The first-order valence-electron chi connectivity index (χ1n) is 2.85. The summed E-state index contributed by atoms with van der Waals surface area (Å²) in [7, 11) is 0. The zero-order valence-corrected chi connectivity index (χ0v) is 6.08. The number of carboxylic acids is 1. The zero-order chi connectivity index (χ0) is 8.43. The van der Waals surface area contributed by atoms with Gasteiger partial charge in [-0.1, -0.05) is 0 Å². The molecule has 2 atom stereocenters. The van der Waals surface area contributed by atoms with Crippen LogP contribution in [0.3, 0.4) is 0 Å². The minimum absolute atomic E-state index is 0.582. The largest absolute Gasteiger partial charge is 0.548 e. The van der Waals surface area contributed by atoms with Crippen molar-refractivity contribution in [2.75, 3.05) is 0 Å². The fraction of sp³-hybridized carbons (Fsp3) is 0.333. The number of halogens is 1. The van der Waals surface area contributed by atoms with Crippen LogP contribution in [0.2, 0.25) is 0 Å². The van der Waals surface area contributed by atoms with E-state index in [1.807, 2.05) is 0 Å². The van der Waals surface area contributed by atoms with Crippen LogP contribution in [0, 0.1) is 0 Å². The van der Waals surface area contributed by atoms with Gasteiger partial charge in [0, 0.05) is 6.08 Å². The van der Waals surface area contributed by atoms with Gasteiger partial charge in [-0.3, -0.25) is 0 Å². The molecule has 0 spiro atoms. The van der Waals surface area contributed by atoms with E-state index in [9.17, 15) is 14.7 Å². The second-order valence-electron chi connectivity index (χ2n) is 1.98. The Hall–Kier alpha value is -1.03. The van der Waals surface area contributed by atoms with Crippen molar-refractivity contribution in [3.63, 3.8) is 0 Å². The molecule has 0 radical (unpaired) electrons. The molecule has 1 aliphatic heterocycles. The average Bonchev–Trinajstić information content (AvgIpc) is 2.34. The highest BCUT2D eigenvalue weighted by atomic mass is 35.5. The number of alkyl halides is 1. The molecule has 1 aliphatic rings. The molecule has 1 rings (SSSR count). The highest BCUT2D eigenvalue weighted by Gasteiger charge is 2.25. The van der Waals surface area contributed by atoms with E-state index in [4.69, 9.17) is 11.6 Å². The Labute approximate surface area is 67.4 Å². The van der Waals surface area contributed by atoms with Crippen molar-refractivity contribution in [3.05, 3.63) is 12.2 Å². The number of hydrogen-bond donors (Lipinski definition) is 0. The summed E-state index contributed by atoms with van der Waals surface area (Å²) in [5.74, 6) is -2.03. The Kier molecular flexibility index (Phi) is 2.14. The number of carboxylic acid groups (broad SMARTS) is 1. The Morgan fingerprint density at radius 1 is 1.82 bits per heavy atom. The third-order valence-electron chi connectivity index (χ3n) is 1.19. The highest BCUT2D eigenvalue weighted by Crippen LogP contribution is 2.13. The summed E-state index contributed by atoms with van der Waals surface area (Å²) in [6, 6.07) is 0. The summed E-state index contributed by atoms with van der Waals surface area (Å²) in [5, 5.41) is 8.82. The number of esters is 1. The number of carbonyl (C=O) groups excluding carboxylic acids is 2. The van der Waals surface area contributed by atoms with Crippen LogP contribution < -0.4 is 5.11 Å². The van der Waals surface area contributed by atoms with Crippen LogP contribution in [0.4, 0.5) is 0 Å². The van der Waals surface area contributed by atoms with Gasteiger partial charge in [-0.05, 0) is 6.08 Å². The van der Waals surface area contributed by atoms with Crippen molar-refractivity contribution >= 4 is 23.5 Å². The SMILES string of the molecule is O=C1C=CC(C(Cl)C(=O)[O-])O1. The van der Waals surface area contributed by atoms with Crippen LogP contribution in [-0.4, -0.2) is 23.4 Å². The molecule has 0 aromatic carbocycles. The van der Waals surface area contributed by atoms with E-state index in [0.29, 0.717) is 0 Å². The van der Waals surface area contributed by atoms with Crippen LogP contribution in [0.25, 0.3) is 0 Å². The van der Waals surface area contributed by atoms with E-state index < -0.39 is 23.4 Å². The number of rotatable bonds is 2. The maximum absolute atomic E-state index is 10.4. The lowest BCUT2D eigenvalue weighted by molar-refractivity contribution is -0.306. The van der Waals surface area contributed by atoms with Gasteiger partial charge in [0.05, 0.1) is 5.97 Å². The molecule has 2 unspecified atom stereocenters. The van der Waals surface area contributed by atoms with Crippen LogP contribution in [0.5, 0.6) is 0 Å². The Morgan fingerprint density at radius 3 is 2.82 bits per heavy atom. The summed E-state index contributed by atoms with van der Waals surface area (Å²) >= 11 is 5.30. The summed E-state index contributed by atoms with van der Waals surface area (Å²) in [6.45, 7) is 0. The zero-order valence-electron chi connectivity index (χ0n) is 5.32. The maximum atomic E-state index is 10.4. The van der Waals surface area contributed by atoms with Crippen LogP contribution in [-0.2, 0) is 14.3 Å². The van der Waals surface area contributed by atoms with Gasteiger partial charge < -0.3 is 14.6 Å². The van der Waals surface area contributed by atoms with Crippen LogP contribution in [0.15, 0.2) is 12.2 Å². The summed E-state index contributed by atoms with van der Waals surface area (Å²) in [4.78, 5) is 20.5. The molecule has 1 heterocycles. The number of aliphatic carboxylic acids is 1. The molecule has 11 heavy (non-hydrogen) atoms. The van der Waals surface area contributed by atoms with Gasteiger partial charge in [-0.2, -0.15) is 0 Å². The maximum Gasteiger partial charge on any atom is 0.331 e. The topological polar surface area (TPSA) is 66.4 Å². The van der Waals surface area contributed by atoms with Crippen molar-refractivity contribution in [1.29, 1.82) is 0 Å². The smallest absolute Gasteiger partial charge is 0.331 e. The Morgan fingerprint density at radius 2 is 2.45 bits per heavy atom. The van der Waals surface area contributed by atoms with Crippen molar-refractivity contribution in [2.24, 2.45) is 0 Å². The molecule has 0 aliphatic carbocycles. The fourth-order valence-corrected chi connectivity index (χ4v) is 0.813. The normalized spacial score (nSPS) is 24.8. The lowest BCUT2D eigenvalue weighted by Gasteiger charge is -2.15. The van der Waals surface area contributed by atoms with Crippen LogP contribution >= 0.6 is 11.6 Å². The molecule has 0 aromatic rings. The van der Waals surface area contributed by atoms with E-state index in [1.54, 1.807) is 0 Å². The first-order chi connectivity index (χ1) is 5.11. The number of ether oxygens (including phenoxy) is 1. The summed E-state index contributed by atoms with van der Waals surface area (Å²) < 4.78 is 4.48. The van der Waals surface area contributed by atoms with E-state index in [0.717, 1.165) is 6.08 Å². The van der Waals surface area contributed by atoms with E-state index in [2.05, 4.69) is 4.74 Å². The van der Waals surface area contributed by atoms with Crippen LogP contribution in [0.1, 0.15) is 0 Å². The number of hydrogen-bond acceptors (Lipinski definition) is 4. The third-order valence-corrected chi connectivity index (χ3v) is 1.61. The van der Waals surface area contributed by atoms with Crippen molar-refractivity contribution in [3.8, 4) is 0 Å². The highest BCUT2D eigenvalue weighted by molar-refractivity contribution is 6.30. The monoisotopic (exact) mass is 175 g/mol. The van der Waals surface area contributed by atoms with Crippen molar-refractivity contribution < 1.29 is 19.4 Å². The predicted octanol–water partition coefficient (Wildman–Crippen LogP) is -1.17. The minimum atomic E-state index is -1.45. The molecule has 5 heteroatoms. The van der Waals surface area contributed by atoms with Gasteiger partial charge in [0.2, 0.25) is 0 Å². The van der Waals surface area contributed by atoms with Crippen molar-refractivity contribution in [1.82, 2.24) is 0 Å². The lowest BCUT2D eigenvalue weighted by Crippen LogP contribution is -2.39. The molecule has 0 bridgehead atoms. The standard InChI is InChI=1S/C6H5ClO4/c7-5(6(9)10)3-1-2-4(8)11-3/h1-3,5H,(H,9,10)/p-1. The van der Waals surface area contributed by atoms with Gasteiger partial charge in [-0.25, -0.2) is 4.79 Å². The number of carbonyl (C=O) groups is 2. The molecule has 0 saturated carbocycles. The Balaban J connectivity index is 2.57. The molecular formula is C6H4ClO4-. The minimum Gasteiger partial charge on any atom is -0.548 e. The van der Waals surface area contributed by atoms with Gasteiger partial charge in [-0.15, -0.1) is 11.6 Å². The van der Waals surface area contributed by atoms with Crippen molar-refractivity contribution in [2.45, 2.75) is 11.5 Å². The second kappa shape index (κ2) is 2.92. The first-order valence-corrected chi connectivity index (χ1v) is 3.28. The number of cyclic esters (lactones) is 1. The summed E-state index contributed by atoms with van der Waals surface area (Å²) in [6.07, 6.45) is 1.52. The fourth-order valence-electron chi connectivity index (χ4n) is 0.678. The molecule has 0 amide bonds. The predicted molar refractivity (Wildman–Crippen MR) is 33.7 cm³/mol. The van der Waals surface area contributed by atoms with E-state index in [1.165, 1.54) is 6.08 Å². The first kappa shape index (κ1) is 8.07. The molecular weight excluding hydrogens is 172 g/mol.